The second-order valence-electron chi connectivity index (χ2n) is 6.27. The van der Waals surface area contributed by atoms with E-state index in [1.54, 1.807) is 22.0 Å². The monoisotopic (exact) mass is 340 g/mol. The molecule has 1 aliphatic rings. The minimum absolute atomic E-state index is 0.0761. The first-order valence-electron chi connectivity index (χ1n) is 8.36. The van der Waals surface area contributed by atoms with Gasteiger partial charge in [0.2, 0.25) is 5.91 Å². The van der Waals surface area contributed by atoms with Gasteiger partial charge in [-0.2, -0.15) is 5.10 Å². The van der Waals surface area contributed by atoms with Crippen LogP contribution in [0, 0.1) is 6.92 Å². The van der Waals surface area contributed by atoms with Gasteiger partial charge in [0.15, 0.2) is 5.65 Å². The van der Waals surface area contributed by atoms with Crippen LogP contribution in [0.25, 0.3) is 5.65 Å². The lowest BCUT2D eigenvalue weighted by Gasteiger charge is -2.35. The van der Waals surface area contributed by atoms with Gasteiger partial charge in [-0.1, -0.05) is 0 Å². The quantitative estimate of drug-likeness (QED) is 0.734. The summed E-state index contributed by atoms with van der Waals surface area (Å²) < 4.78 is 1.76. The molecule has 1 aliphatic heterocycles. The van der Waals surface area contributed by atoms with Crippen molar-refractivity contribution in [2.24, 2.45) is 0 Å². The van der Waals surface area contributed by atoms with Crippen molar-refractivity contribution in [3.05, 3.63) is 52.1 Å². The maximum atomic E-state index is 12.9. The van der Waals surface area contributed by atoms with E-state index in [0.29, 0.717) is 6.42 Å². The molecule has 0 radical (unpaired) electrons. The van der Waals surface area contributed by atoms with E-state index in [2.05, 4.69) is 24.2 Å². The number of amides is 1. The van der Waals surface area contributed by atoms with E-state index in [9.17, 15) is 4.79 Å². The fraction of sp³-hybridized carbons (Fsp3) is 0.389. The van der Waals surface area contributed by atoms with E-state index < -0.39 is 0 Å². The summed E-state index contributed by atoms with van der Waals surface area (Å²) in [5, 5.41) is 4.19. The Morgan fingerprint density at radius 1 is 1.29 bits per heavy atom. The Kier molecular flexibility index (Phi) is 4.06. The van der Waals surface area contributed by atoms with Crippen LogP contribution in [-0.4, -0.2) is 31.9 Å². The predicted molar refractivity (Wildman–Crippen MR) is 94.1 cm³/mol. The van der Waals surface area contributed by atoms with Crippen LogP contribution in [0.4, 0.5) is 0 Å². The minimum atomic E-state index is 0.0761. The number of aromatic nitrogens is 3. The molecule has 1 fully saturated rings. The summed E-state index contributed by atoms with van der Waals surface area (Å²) in [7, 11) is 0. The second-order valence-corrected chi connectivity index (χ2v) is 7.65. The summed E-state index contributed by atoms with van der Waals surface area (Å²) in [4.78, 5) is 22.0. The van der Waals surface area contributed by atoms with Crippen LogP contribution in [0.15, 0.2) is 36.7 Å². The van der Waals surface area contributed by atoms with Crippen LogP contribution in [0.5, 0.6) is 0 Å². The molecule has 0 saturated carbocycles. The highest BCUT2D eigenvalue weighted by Crippen LogP contribution is 2.31. The standard InChI is InChI=1S/C18H20N4OS/c1-13-5-6-14(24-13)12-18(23)21-10-3-2-4-16(21)15-8-11-22-17(20-15)7-9-19-22/h5-9,11,16H,2-4,10,12H2,1H3/t16-/m0/s1. The molecular weight excluding hydrogens is 320 g/mol. The summed E-state index contributed by atoms with van der Waals surface area (Å²) in [6.45, 7) is 2.90. The van der Waals surface area contributed by atoms with E-state index in [1.165, 1.54) is 4.88 Å². The number of nitrogens with zero attached hydrogens (tertiary/aromatic N) is 4. The fourth-order valence-corrected chi connectivity index (χ4v) is 4.26. The molecule has 4 heterocycles. The molecule has 0 unspecified atom stereocenters. The van der Waals surface area contributed by atoms with E-state index in [4.69, 9.17) is 4.98 Å². The zero-order valence-electron chi connectivity index (χ0n) is 13.7. The third-order valence-electron chi connectivity index (χ3n) is 4.57. The molecule has 3 aromatic heterocycles. The topological polar surface area (TPSA) is 50.5 Å². The lowest BCUT2D eigenvalue weighted by Crippen LogP contribution is -2.39. The third-order valence-corrected chi connectivity index (χ3v) is 5.57. The summed E-state index contributed by atoms with van der Waals surface area (Å²) >= 11 is 1.71. The maximum Gasteiger partial charge on any atom is 0.228 e. The van der Waals surface area contributed by atoms with Gasteiger partial charge in [0.1, 0.15) is 0 Å². The van der Waals surface area contributed by atoms with E-state index in [-0.39, 0.29) is 11.9 Å². The first kappa shape index (κ1) is 15.3. The van der Waals surface area contributed by atoms with Crippen molar-refractivity contribution in [3.63, 3.8) is 0 Å². The number of thiophene rings is 1. The van der Waals surface area contributed by atoms with Crippen molar-refractivity contribution in [1.82, 2.24) is 19.5 Å². The van der Waals surface area contributed by atoms with Gasteiger partial charge in [-0.3, -0.25) is 4.79 Å². The number of likely N-dealkylation sites (tertiary alicyclic amines) is 1. The van der Waals surface area contributed by atoms with Crippen molar-refractivity contribution in [1.29, 1.82) is 0 Å². The Morgan fingerprint density at radius 3 is 3.04 bits per heavy atom. The van der Waals surface area contributed by atoms with E-state index in [1.807, 2.05) is 23.2 Å². The lowest BCUT2D eigenvalue weighted by atomic mass is 9.98. The molecule has 1 saturated heterocycles. The number of fused-ring (bicyclic) bond motifs is 1. The van der Waals surface area contributed by atoms with E-state index >= 15 is 0 Å². The summed E-state index contributed by atoms with van der Waals surface area (Å²) in [5.41, 5.74) is 1.80. The molecule has 0 aliphatic carbocycles. The molecule has 1 atom stereocenters. The Hall–Kier alpha value is -2.21. The Morgan fingerprint density at radius 2 is 2.21 bits per heavy atom. The average molecular weight is 340 g/mol. The summed E-state index contributed by atoms with van der Waals surface area (Å²) in [5.74, 6) is 0.205. The molecule has 5 nitrogen and oxygen atoms in total. The normalized spacial score (nSPS) is 18.2. The molecular formula is C18H20N4OS. The van der Waals surface area contributed by atoms with Crippen molar-refractivity contribution in [3.8, 4) is 0 Å². The number of carbonyl (C=O) groups excluding carboxylic acids is 1. The van der Waals surface area contributed by atoms with Crippen LogP contribution < -0.4 is 0 Å². The highest BCUT2D eigenvalue weighted by atomic mass is 32.1. The van der Waals surface area contributed by atoms with Crippen LogP contribution in [-0.2, 0) is 11.2 Å². The predicted octanol–water partition coefficient (Wildman–Crippen LogP) is 3.40. The highest BCUT2D eigenvalue weighted by molar-refractivity contribution is 7.12. The van der Waals surface area contributed by atoms with Crippen molar-refractivity contribution < 1.29 is 4.79 Å². The average Bonchev–Trinajstić information content (AvgIpc) is 3.22. The van der Waals surface area contributed by atoms with Gasteiger partial charge in [0.25, 0.3) is 0 Å². The number of hydrogen-bond donors (Lipinski definition) is 0. The number of aryl methyl sites for hydroxylation is 1. The Bertz CT molecular complexity index is 869. The van der Waals surface area contributed by atoms with E-state index in [0.717, 1.165) is 42.0 Å². The van der Waals surface area contributed by atoms with Gasteiger partial charge in [-0.15, -0.1) is 11.3 Å². The van der Waals surface area contributed by atoms with Crippen LogP contribution >= 0.6 is 11.3 Å². The fourth-order valence-electron chi connectivity index (χ4n) is 3.38. The van der Waals surface area contributed by atoms with Crippen LogP contribution in [0.2, 0.25) is 0 Å². The van der Waals surface area contributed by atoms with Crippen LogP contribution in [0.3, 0.4) is 0 Å². The minimum Gasteiger partial charge on any atom is -0.334 e. The second kappa shape index (κ2) is 6.36. The molecule has 6 heteroatoms. The molecule has 4 rings (SSSR count). The Labute approximate surface area is 144 Å². The molecule has 124 valence electrons. The molecule has 0 bridgehead atoms. The zero-order chi connectivity index (χ0) is 16.5. The van der Waals surface area contributed by atoms with Gasteiger partial charge >= 0.3 is 0 Å². The van der Waals surface area contributed by atoms with Gasteiger partial charge < -0.3 is 4.90 Å². The molecule has 1 amide bonds. The van der Waals surface area contributed by atoms with Crippen molar-refractivity contribution >= 4 is 22.9 Å². The molecule has 24 heavy (non-hydrogen) atoms. The highest BCUT2D eigenvalue weighted by Gasteiger charge is 2.29. The van der Waals surface area contributed by atoms with Crippen molar-refractivity contribution in [2.45, 2.75) is 38.6 Å². The van der Waals surface area contributed by atoms with Gasteiger partial charge in [0.05, 0.1) is 24.4 Å². The van der Waals surface area contributed by atoms with Crippen molar-refractivity contribution in [2.75, 3.05) is 6.54 Å². The zero-order valence-corrected chi connectivity index (χ0v) is 14.5. The number of piperidine rings is 1. The third kappa shape index (κ3) is 2.94. The lowest BCUT2D eigenvalue weighted by molar-refractivity contribution is -0.134. The number of rotatable bonds is 3. The SMILES string of the molecule is Cc1ccc(CC(=O)N2CCCC[C@H]2c2ccn3nccc3n2)s1. The summed E-state index contributed by atoms with van der Waals surface area (Å²) in [6.07, 6.45) is 7.35. The molecule has 0 aromatic carbocycles. The smallest absolute Gasteiger partial charge is 0.228 e. The van der Waals surface area contributed by atoms with Gasteiger partial charge in [0, 0.05) is 28.6 Å². The number of carbonyl (C=O) groups is 1. The summed E-state index contributed by atoms with van der Waals surface area (Å²) in [6, 6.07) is 8.11. The van der Waals surface area contributed by atoms with Gasteiger partial charge in [-0.25, -0.2) is 9.50 Å². The molecule has 0 N–H and O–H groups in total. The van der Waals surface area contributed by atoms with Crippen LogP contribution in [0.1, 0.15) is 40.8 Å². The Balaban J connectivity index is 1.58. The van der Waals surface area contributed by atoms with Gasteiger partial charge in [-0.05, 0) is 44.4 Å². The number of hydrogen-bond acceptors (Lipinski definition) is 4. The largest absolute Gasteiger partial charge is 0.334 e. The molecule has 0 spiro atoms. The first-order valence-corrected chi connectivity index (χ1v) is 9.17. The molecule has 3 aromatic rings. The maximum absolute atomic E-state index is 12.9. The first-order chi connectivity index (χ1) is 11.7.